The number of aliphatic hydroxyl groups is 2. The molecule has 3 N–H and O–H groups in total. The summed E-state index contributed by atoms with van der Waals surface area (Å²) in [6, 6.07) is -0.632. The molecule has 0 heterocycles. The summed E-state index contributed by atoms with van der Waals surface area (Å²) >= 11 is 0. The number of esters is 1. The van der Waals surface area contributed by atoms with Gasteiger partial charge in [0.1, 0.15) is 0 Å². The fraction of sp³-hybridized carbons (Fsp3) is 0.912. The smallest absolute Gasteiger partial charge is 0.305 e. The van der Waals surface area contributed by atoms with Crippen molar-refractivity contribution >= 4 is 11.9 Å². The Morgan fingerprint density at radius 1 is 0.365 bits per heavy atom. The van der Waals surface area contributed by atoms with Crippen LogP contribution < -0.4 is 5.32 Å². The Hall–Kier alpha value is -1.66. The van der Waals surface area contributed by atoms with Crippen molar-refractivity contribution in [3.05, 3.63) is 24.3 Å². The standard InChI is InChI=1S/C68H131NO5/c1-3-5-7-9-11-13-15-17-19-20-21-22-23-24-25-26-29-33-36-40-44-48-52-56-60-66(71)65(64-70)69-67(72)61-57-53-49-45-41-37-34-30-27-28-31-35-39-43-47-51-55-59-63-74-68(73)62-58-54-50-46-42-38-32-18-16-14-12-10-8-6-4-2/h18,32,56,60,65-66,70-71H,3-17,19-31,33-55,57-59,61-64H2,1-2H3,(H,69,72)/b32-18-,60-56+. The van der Waals surface area contributed by atoms with Crippen molar-refractivity contribution in [1.29, 1.82) is 0 Å². The second-order valence-corrected chi connectivity index (χ2v) is 23.2. The molecule has 0 fully saturated rings. The van der Waals surface area contributed by atoms with Crippen molar-refractivity contribution in [2.45, 2.75) is 386 Å². The van der Waals surface area contributed by atoms with Crippen molar-refractivity contribution in [3.8, 4) is 0 Å². The van der Waals surface area contributed by atoms with E-state index in [2.05, 4.69) is 31.3 Å². The largest absolute Gasteiger partial charge is 0.466 e. The molecule has 0 bridgehead atoms. The number of carbonyl (C=O) groups excluding carboxylic acids is 2. The summed E-state index contributed by atoms with van der Waals surface area (Å²) in [6.45, 7) is 4.92. The predicted octanol–water partition coefficient (Wildman–Crippen LogP) is 21.4. The van der Waals surface area contributed by atoms with Gasteiger partial charge in [0.05, 0.1) is 25.4 Å². The number of unbranched alkanes of at least 4 members (excludes halogenated alkanes) is 50. The molecule has 0 radical (unpaired) electrons. The average molecular weight is 1040 g/mol. The number of carbonyl (C=O) groups is 2. The van der Waals surface area contributed by atoms with E-state index in [1.807, 2.05) is 6.08 Å². The second-order valence-electron chi connectivity index (χ2n) is 23.2. The number of nitrogens with one attached hydrogen (secondary N) is 1. The Labute approximate surface area is 462 Å². The molecule has 0 saturated heterocycles. The molecule has 0 aromatic heterocycles. The lowest BCUT2D eigenvalue weighted by Gasteiger charge is -2.20. The van der Waals surface area contributed by atoms with Gasteiger partial charge in [0, 0.05) is 12.8 Å². The third-order valence-electron chi connectivity index (χ3n) is 15.7. The summed E-state index contributed by atoms with van der Waals surface area (Å²) in [4.78, 5) is 24.6. The molecule has 74 heavy (non-hydrogen) atoms. The number of aliphatic hydroxyl groups excluding tert-OH is 2. The molecule has 0 aromatic carbocycles. The Bertz CT molecular complexity index is 1150. The van der Waals surface area contributed by atoms with E-state index in [9.17, 15) is 19.8 Å². The zero-order chi connectivity index (χ0) is 53.6. The molecule has 2 atom stereocenters. The van der Waals surface area contributed by atoms with Crippen LogP contribution in [0.2, 0.25) is 0 Å². The summed E-state index contributed by atoms with van der Waals surface area (Å²) in [5.41, 5.74) is 0. The van der Waals surface area contributed by atoms with Crippen LogP contribution in [0.25, 0.3) is 0 Å². The van der Waals surface area contributed by atoms with Gasteiger partial charge in [-0.25, -0.2) is 0 Å². The highest BCUT2D eigenvalue weighted by molar-refractivity contribution is 5.76. The highest BCUT2D eigenvalue weighted by Gasteiger charge is 2.18. The highest BCUT2D eigenvalue weighted by Crippen LogP contribution is 2.18. The first-order chi connectivity index (χ1) is 36.5. The SMILES string of the molecule is CCCCCCCC/C=C\CCCCCCCC(=O)OCCCCCCCCCCCCCCCCCCCCC(=O)NC(CO)C(O)/C=C/CCCCCCCCCCCCCCCCCCCCCCCC. The molecule has 0 saturated carbocycles. The lowest BCUT2D eigenvalue weighted by molar-refractivity contribution is -0.143. The van der Waals surface area contributed by atoms with Gasteiger partial charge in [-0.1, -0.05) is 327 Å². The molecule has 0 rings (SSSR count). The van der Waals surface area contributed by atoms with Crippen molar-refractivity contribution < 1.29 is 24.5 Å². The van der Waals surface area contributed by atoms with Crippen molar-refractivity contribution in [1.82, 2.24) is 5.32 Å². The Morgan fingerprint density at radius 3 is 0.959 bits per heavy atom. The molecule has 0 aliphatic heterocycles. The van der Waals surface area contributed by atoms with Crippen LogP contribution in [0, 0.1) is 0 Å². The van der Waals surface area contributed by atoms with E-state index < -0.39 is 12.1 Å². The number of allylic oxidation sites excluding steroid dienone is 3. The van der Waals surface area contributed by atoms with Crippen molar-refractivity contribution in [2.24, 2.45) is 0 Å². The summed E-state index contributed by atoms with van der Waals surface area (Å²) in [6.07, 6.45) is 79.5. The van der Waals surface area contributed by atoms with Crippen LogP contribution in [0.4, 0.5) is 0 Å². The second kappa shape index (κ2) is 63.9. The molecule has 0 aromatic rings. The maximum Gasteiger partial charge on any atom is 0.305 e. The summed E-state index contributed by atoms with van der Waals surface area (Å²) < 4.78 is 5.48. The topological polar surface area (TPSA) is 95.9 Å². The first kappa shape index (κ1) is 72.3. The molecular weight excluding hydrogens is 911 g/mol. The van der Waals surface area contributed by atoms with Gasteiger partial charge in [-0.15, -0.1) is 0 Å². The monoisotopic (exact) mass is 1040 g/mol. The predicted molar refractivity (Wildman–Crippen MR) is 324 cm³/mol. The first-order valence-electron chi connectivity index (χ1n) is 33.6. The van der Waals surface area contributed by atoms with E-state index in [1.54, 1.807) is 6.08 Å². The zero-order valence-corrected chi connectivity index (χ0v) is 50.1. The van der Waals surface area contributed by atoms with E-state index in [0.29, 0.717) is 19.4 Å². The number of hydrogen-bond acceptors (Lipinski definition) is 5. The number of hydrogen-bond donors (Lipinski definition) is 3. The molecular formula is C68H131NO5. The summed E-state index contributed by atoms with van der Waals surface area (Å²) in [5, 5.41) is 23.3. The van der Waals surface area contributed by atoms with Gasteiger partial charge < -0.3 is 20.3 Å². The van der Waals surface area contributed by atoms with Crippen LogP contribution in [0.5, 0.6) is 0 Å². The minimum absolute atomic E-state index is 0.000534. The van der Waals surface area contributed by atoms with Crippen molar-refractivity contribution in [2.75, 3.05) is 13.2 Å². The quantitative estimate of drug-likeness (QED) is 0.0320. The normalized spacial score (nSPS) is 12.6. The fourth-order valence-corrected chi connectivity index (χ4v) is 10.6. The van der Waals surface area contributed by atoms with Crippen LogP contribution in [0.15, 0.2) is 24.3 Å². The van der Waals surface area contributed by atoms with E-state index in [4.69, 9.17) is 4.74 Å². The molecule has 0 aliphatic rings. The lowest BCUT2D eigenvalue weighted by Crippen LogP contribution is -2.45. The van der Waals surface area contributed by atoms with Gasteiger partial charge in [-0.05, 0) is 57.8 Å². The van der Waals surface area contributed by atoms with Crippen LogP contribution in [-0.4, -0.2) is 47.4 Å². The van der Waals surface area contributed by atoms with E-state index in [1.165, 1.54) is 302 Å². The average Bonchev–Trinajstić information content (AvgIpc) is 3.40. The number of rotatable bonds is 63. The van der Waals surface area contributed by atoms with Crippen LogP contribution in [0.1, 0.15) is 373 Å². The lowest BCUT2D eigenvalue weighted by atomic mass is 10.0. The van der Waals surface area contributed by atoms with E-state index in [-0.39, 0.29) is 18.5 Å². The van der Waals surface area contributed by atoms with Gasteiger partial charge in [-0.3, -0.25) is 9.59 Å². The minimum atomic E-state index is -0.849. The van der Waals surface area contributed by atoms with Gasteiger partial charge in [0.15, 0.2) is 0 Å². The third kappa shape index (κ3) is 59.6. The molecule has 438 valence electrons. The summed E-state index contributed by atoms with van der Waals surface area (Å²) in [7, 11) is 0. The van der Waals surface area contributed by atoms with Crippen LogP contribution in [-0.2, 0) is 14.3 Å². The van der Waals surface area contributed by atoms with Gasteiger partial charge >= 0.3 is 5.97 Å². The molecule has 2 unspecified atom stereocenters. The van der Waals surface area contributed by atoms with Crippen molar-refractivity contribution in [3.63, 3.8) is 0 Å². The maximum absolute atomic E-state index is 12.5. The van der Waals surface area contributed by atoms with Crippen LogP contribution >= 0.6 is 0 Å². The maximum atomic E-state index is 12.5. The minimum Gasteiger partial charge on any atom is -0.466 e. The third-order valence-corrected chi connectivity index (χ3v) is 15.7. The molecule has 0 spiro atoms. The van der Waals surface area contributed by atoms with E-state index >= 15 is 0 Å². The molecule has 6 heteroatoms. The Kier molecular flexibility index (Phi) is 62.4. The molecule has 0 aliphatic carbocycles. The van der Waals surface area contributed by atoms with Gasteiger partial charge in [0.2, 0.25) is 5.91 Å². The number of amides is 1. The van der Waals surface area contributed by atoms with Gasteiger partial charge in [-0.2, -0.15) is 0 Å². The Balaban J connectivity index is 3.43. The fourth-order valence-electron chi connectivity index (χ4n) is 10.6. The first-order valence-corrected chi connectivity index (χ1v) is 33.6. The zero-order valence-electron chi connectivity index (χ0n) is 50.1. The summed E-state index contributed by atoms with van der Waals surface area (Å²) in [5.74, 6) is -0.0686. The van der Waals surface area contributed by atoms with Gasteiger partial charge in [0.25, 0.3) is 0 Å². The van der Waals surface area contributed by atoms with E-state index in [0.717, 1.165) is 44.9 Å². The molecule has 1 amide bonds. The van der Waals surface area contributed by atoms with Crippen LogP contribution in [0.3, 0.4) is 0 Å². The Morgan fingerprint density at radius 2 is 0.635 bits per heavy atom. The molecule has 6 nitrogen and oxygen atoms in total. The number of ether oxygens (including phenoxy) is 1. The highest BCUT2D eigenvalue weighted by atomic mass is 16.5.